The number of rotatable bonds is 7. The Balaban J connectivity index is 2.70. The Labute approximate surface area is 105 Å². The SMILES string of the molecule is CCCNCC(CCC)n1cc(C(F)(F)F)cn1. The lowest BCUT2D eigenvalue weighted by Crippen LogP contribution is -2.26. The first kappa shape index (κ1) is 15.0. The highest BCUT2D eigenvalue weighted by molar-refractivity contribution is 5.08. The van der Waals surface area contributed by atoms with Gasteiger partial charge in [0.05, 0.1) is 17.8 Å². The Morgan fingerprint density at radius 1 is 1.33 bits per heavy atom. The van der Waals surface area contributed by atoms with E-state index in [-0.39, 0.29) is 6.04 Å². The van der Waals surface area contributed by atoms with E-state index in [1.807, 2.05) is 6.92 Å². The number of hydrogen-bond acceptors (Lipinski definition) is 2. The second kappa shape index (κ2) is 6.78. The zero-order valence-electron chi connectivity index (χ0n) is 10.8. The van der Waals surface area contributed by atoms with Crippen LogP contribution in [0.5, 0.6) is 0 Å². The molecule has 0 aromatic carbocycles. The topological polar surface area (TPSA) is 29.9 Å². The van der Waals surface area contributed by atoms with E-state index in [0.29, 0.717) is 6.54 Å². The van der Waals surface area contributed by atoms with Crippen molar-refractivity contribution >= 4 is 0 Å². The minimum absolute atomic E-state index is 0.0161. The number of alkyl halides is 3. The Morgan fingerprint density at radius 2 is 2.06 bits per heavy atom. The molecule has 1 rings (SSSR count). The zero-order chi connectivity index (χ0) is 13.6. The maximum Gasteiger partial charge on any atom is 0.419 e. The molecule has 0 amide bonds. The van der Waals surface area contributed by atoms with Crippen molar-refractivity contribution in [2.24, 2.45) is 0 Å². The quantitative estimate of drug-likeness (QED) is 0.765. The van der Waals surface area contributed by atoms with E-state index in [1.54, 1.807) is 0 Å². The minimum atomic E-state index is -4.31. The van der Waals surface area contributed by atoms with Gasteiger partial charge in [-0.3, -0.25) is 4.68 Å². The van der Waals surface area contributed by atoms with E-state index < -0.39 is 11.7 Å². The number of nitrogens with one attached hydrogen (secondary N) is 1. The van der Waals surface area contributed by atoms with Gasteiger partial charge in [-0.15, -0.1) is 0 Å². The standard InChI is InChI=1S/C12H20F3N3/c1-3-5-11(8-16-6-4-2)18-9-10(7-17-18)12(13,14)15/h7,9,11,16H,3-6,8H2,1-2H3. The van der Waals surface area contributed by atoms with Gasteiger partial charge in [-0.05, 0) is 19.4 Å². The van der Waals surface area contributed by atoms with Crippen molar-refractivity contribution in [3.05, 3.63) is 18.0 Å². The first-order chi connectivity index (χ1) is 8.49. The number of nitrogens with zero attached hydrogens (tertiary/aromatic N) is 2. The summed E-state index contributed by atoms with van der Waals surface area (Å²) in [5.74, 6) is 0. The average Bonchev–Trinajstić information content (AvgIpc) is 2.77. The van der Waals surface area contributed by atoms with Crippen LogP contribution in [0.1, 0.15) is 44.7 Å². The van der Waals surface area contributed by atoms with Crippen LogP contribution in [0.15, 0.2) is 12.4 Å². The van der Waals surface area contributed by atoms with Gasteiger partial charge in [0.1, 0.15) is 0 Å². The molecule has 1 unspecified atom stereocenters. The lowest BCUT2D eigenvalue weighted by atomic mass is 10.1. The molecule has 0 spiro atoms. The summed E-state index contributed by atoms with van der Waals surface area (Å²) in [6.07, 6.45) is 0.406. The van der Waals surface area contributed by atoms with Crippen molar-refractivity contribution in [1.82, 2.24) is 15.1 Å². The van der Waals surface area contributed by atoms with Crippen molar-refractivity contribution in [1.29, 1.82) is 0 Å². The molecule has 0 aliphatic heterocycles. The number of halogens is 3. The highest BCUT2D eigenvalue weighted by atomic mass is 19.4. The fourth-order valence-electron chi connectivity index (χ4n) is 1.79. The summed E-state index contributed by atoms with van der Waals surface area (Å²) in [6.45, 7) is 5.59. The van der Waals surface area contributed by atoms with E-state index in [9.17, 15) is 13.2 Å². The molecule has 1 N–H and O–H groups in total. The molecule has 104 valence electrons. The van der Waals surface area contributed by atoms with Crippen molar-refractivity contribution in [2.45, 2.75) is 45.3 Å². The van der Waals surface area contributed by atoms with Crippen LogP contribution in [0.3, 0.4) is 0 Å². The van der Waals surface area contributed by atoms with Crippen molar-refractivity contribution in [3.8, 4) is 0 Å². The molecule has 3 nitrogen and oxygen atoms in total. The highest BCUT2D eigenvalue weighted by Crippen LogP contribution is 2.29. The van der Waals surface area contributed by atoms with Gasteiger partial charge in [0.2, 0.25) is 0 Å². The summed E-state index contributed by atoms with van der Waals surface area (Å²) in [6, 6.07) is -0.0161. The first-order valence-corrected chi connectivity index (χ1v) is 6.31. The van der Waals surface area contributed by atoms with Crippen molar-refractivity contribution < 1.29 is 13.2 Å². The van der Waals surface area contributed by atoms with E-state index in [4.69, 9.17) is 0 Å². The third-order valence-corrected chi connectivity index (χ3v) is 2.73. The van der Waals surface area contributed by atoms with Gasteiger partial charge in [0.15, 0.2) is 0 Å². The third-order valence-electron chi connectivity index (χ3n) is 2.73. The normalized spacial score (nSPS) is 13.8. The summed E-state index contributed by atoms with van der Waals surface area (Å²) >= 11 is 0. The van der Waals surface area contributed by atoms with Crippen LogP contribution in [0.4, 0.5) is 13.2 Å². The monoisotopic (exact) mass is 263 g/mol. The van der Waals surface area contributed by atoms with Gasteiger partial charge in [-0.25, -0.2) is 0 Å². The van der Waals surface area contributed by atoms with Crippen LogP contribution in [0.25, 0.3) is 0 Å². The maximum atomic E-state index is 12.5. The summed E-state index contributed by atoms with van der Waals surface area (Å²) in [7, 11) is 0. The Kier molecular flexibility index (Phi) is 5.65. The summed E-state index contributed by atoms with van der Waals surface area (Å²) in [4.78, 5) is 0. The van der Waals surface area contributed by atoms with E-state index >= 15 is 0 Å². The van der Waals surface area contributed by atoms with E-state index in [0.717, 1.165) is 38.2 Å². The highest BCUT2D eigenvalue weighted by Gasteiger charge is 2.32. The molecule has 1 aromatic rings. The van der Waals surface area contributed by atoms with E-state index in [1.165, 1.54) is 4.68 Å². The van der Waals surface area contributed by atoms with Gasteiger partial charge in [-0.2, -0.15) is 18.3 Å². The maximum absolute atomic E-state index is 12.5. The molecule has 0 fully saturated rings. The van der Waals surface area contributed by atoms with Gasteiger partial charge >= 0.3 is 6.18 Å². The molecule has 0 aliphatic rings. The second-order valence-corrected chi connectivity index (χ2v) is 4.35. The largest absolute Gasteiger partial charge is 0.419 e. The van der Waals surface area contributed by atoms with Crippen molar-refractivity contribution in [3.63, 3.8) is 0 Å². The molecule has 18 heavy (non-hydrogen) atoms. The molecule has 0 radical (unpaired) electrons. The van der Waals surface area contributed by atoms with Crippen LogP contribution in [-0.4, -0.2) is 22.9 Å². The van der Waals surface area contributed by atoms with Crippen LogP contribution >= 0.6 is 0 Å². The molecular formula is C12H20F3N3. The van der Waals surface area contributed by atoms with Crippen molar-refractivity contribution in [2.75, 3.05) is 13.1 Å². The Bertz CT molecular complexity index is 347. The molecule has 0 aliphatic carbocycles. The Hall–Kier alpha value is -1.04. The molecule has 6 heteroatoms. The number of hydrogen-bond donors (Lipinski definition) is 1. The predicted molar refractivity (Wildman–Crippen MR) is 64.3 cm³/mol. The fraction of sp³-hybridized carbons (Fsp3) is 0.750. The number of aromatic nitrogens is 2. The average molecular weight is 263 g/mol. The summed E-state index contributed by atoms with van der Waals surface area (Å²) in [5, 5.41) is 7.06. The first-order valence-electron chi connectivity index (χ1n) is 6.31. The van der Waals surface area contributed by atoms with Gasteiger partial charge in [-0.1, -0.05) is 20.3 Å². The molecule has 1 aromatic heterocycles. The molecule has 1 heterocycles. The lowest BCUT2D eigenvalue weighted by molar-refractivity contribution is -0.137. The minimum Gasteiger partial charge on any atom is -0.315 e. The molecule has 0 saturated carbocycles. The van der Waals surface area contributed by atoms with Gasteiger partial charge < -0.3 is 5.32 Å². The van der Waals surface area contributed by atoms with E-state index in [2.05, 4.69) is 17.3 Å². The summed E-state index contributed by atoms with van der Waals surface area (Å²) in [5.41, 5.74) is -0.681. The molecular weight excluding hydrogens is 243 g/mol. The van der Waals surface area contributed by atoms with Gasteiger partial charge in [0.25, 0.3) is 0 Å². The zero-order valence-corrected chi connectivity index (χ0v) is 10.8. The molecule has 0 bridgehead atoms. The molecule has 1 atom stereocenters. The smallest absolute Gasteiger partial charge is 0.315 e. The molecule has 0 saturated heterocycles. The van der Waals surface area contributed by atoms with Gasteiger partial charge in [0, 0.05) is 12.7 Å². The second-order valence-electron chi connectivity index (χ2n) is 4.35. The predicted octanol–water partition coefficient (Wildman–Crippen LogP) is 3.24. The third kappa shape index (κ3) is 4.33. The van der Waals surface area contributed by atoms with Crippen LogP contribution in [-0.2, 0) is 6.18 Å². The fourth-order valence-corrected chi connectivity index (χ4v) is 1.79. The lowest BCUT2D eigenvalue weighted by Gasteiger charge is -2.17. The van der Waals surface area contributed by atoms with Crippen LogP contribution in [0, 0.1) is 0 Å². The Morgan fingerprint density at radius 3 is 2.56 bits per heavy atom. The summed E-state index contributed by atoms with van der Waals surface area (Å²) < 4.78 is 38.9. The van der Waals surface area contributed by atoms with Crippen LogP contribution in [0.2, 0.25) is 0 Å². The van der Waals surface area contributed by atoms with Crippen LogP contribution < -0.4 is 5.32 Å².